The molecule has 1 N–H and O–H groups in total. The lowest BCUT2D eigenvalue weighted by molar-refractivity contribution is 0.318. The molecule has 0 amide bonds. The first-order valence-corrected chi connectivity index (χ1v) is 5.24. The van der Waals surface area contributed by atoms with Crippen LogP contribution in [-0.4, -0.2) is 17.6 Å². The van der Waals surface area contributed by atoms with Gasteiger partial charge in [-0.05, 0) is 31.4 Å². The zero-order valence-electron chi connectivity index (χ0n) is 8.49. The predicted molar refractivity (Wildman–Crippen MR) is 56.7 cm³/mol. The molecule has 0 aromatic carbocycles. The van der Waals surface area contributed by atoms with Crippen molar-refractivity contribution in [3.63, 3.8) is 0 Å². The number of ether oxygens (including phenoxy) is 1. The summed E-state index contributed by atoms with van der Waals surface area (Å²) in [5.41, 5.74) is 0. The number of nitrogens with zero attached hydrogens (tertiary/aromatic N) is 1. The number of pyridine rings is 1. The van der Waals surface area contributed by atoms with Gasteiger partial charge >= 0.3 is 0 Å². The van der Waals surface area contributed by atoms with E-state index in [1.54, 1.807) is 6.20 Å². The summed E-state index contributed by atoms with van der Waals surface area (Å²) in [6.07, 6.45) is 5.33. The minimum atomic E-state index is 0.619. The van der Waals surface area contributed by atoms with Gasteiger partial charge in [-0.25, -0.2) is 4.98 Å². The third-order valence-corrected chi connectivity index (χ3v) is 2.15. The Labute approximate surface area is 84.5 Å². The highest BCUT2D eigenvalue weighted by molar-refractivity contribution is 5.50. The van der Waals surface area contributed by atoms with Gasteiger partial charge in [0.25, 0.3) is 0 Å². The zero-order valence-corrected chi connectivity index (χ0v) is 8.49. The van der Waals surface area contributed by atoms with Crippen LogP contribution in [0.1, 0.15) is 26.2 Å². The topological polar surface area (TPSA) is 34.1 Å². The summed E-state index contributed by atoms with van der Waals surface area (Å²) in [7, 11) is 0. The molecule has 0 atom stereocenters. The summed E-state index contributed by atoms with van der Waals surface area (Å²) in [6.45, 7) is 2.86. The SMILES string of the molecule is CCCOc1cccnc1NC1CC1. The van der Waals surface area contributed by atoms with Crippen LogP contribution in [0.5, 0.6) is 5.75 Å². The van der Waals surface area contributed by atoms with E-state index in [1.165, 1.54) is 12.8 Å². The number of nitrogens with one attached hydrogen (secondary N) is 1. The molecular formula is C11H16N2O. The number of rotatable bonds is 5. The first-order chi connectivity index (χ1) is 6.90. The maximum Gasteiger partial charge on any atom is 0.168 e. The summed E-state index contributed by atoms with van der Waals surface area (Å²) in [4.78, 5) is 4.28. The van der Waals surface area contributed by atoms with Crippen LogP contribution >= 0.6 is 0 Å². The summed E-state index contributed by atoms with van der Waals surface area (Å²) < 4.78 is 5.59. The van der Waals surface area contributed by atoms with E-state index in [-0.39, 0.29) is 0 Å². The Bertz CT molecular complexity index is 297. The van der Waals surface area contributed by atoms with Gasteiger partial charge in [-0.15, -0.1) is 0 Å². The van der Waals surface area contributed by atoms with E-state index in [0.717, 1.165) is 24.6 Å². The van der Waals surface area contributed by atoms with Gasteiger partial charge in [0, 0.05) is 12.2 Å². The molecule has 0 unspecified atom stereocenters. The minimum Gasteiger partial charge on any atom is -0.490 e. The number of hydrogen-bond donors (Lipinski definition) is 1. The molecule has 0 saturated heterocycles. The summed E-state index contributed by atoms with van der Waals surface area (Å²) in [5.74, 6) is 1.77. The van der Waals surface area contributed by atoms with Crippen LogP contribution in [0.25, 0.3) is 0 Å². The first-order valence-electron chi connectivity index (χ1n) is 5.24. The summed E-state index contributed by atoms with van der Waals surface area (Å²) >= 11 is 0. The minimum absolute atomic E-state index is 0.619. The zero-order chi connectivity index (χ0) is 9.80. The fourth-order valence-electron chi connectivity index (χ4n) is 1.25. The molecule has 3 nitrogen and oxygen atoms in total. The van der Waals surface area contributed by atoms with Crippen molar-refractivity contribution >= 4 is 5.82 Å². The maximum atomic E-state index is 5.59. The van der Waals surface area contributed by atoms with E-state index < -0.39 is 0 Å². The molecule has 0 aliphatic heterocycles. The third-order valence-electron chi connectivity index (χ3n) is 2.15. The third kappa shape index (κ3) is 2.37. The van der Waals surface area contributed by atoms with Gasteiger partial charge in [0.05, 0.1) is 6.61 Å². The van der Waals surface area contributed by atoms with Crippen LogP contribution in [0.15, 0.2) is 18.3 Å². The van der Waals surface area contributed by atoms with Crippen molar-refractivity contribution in [2.24, 2.45) is 0 Å². The van der Waals surface area contributed by atoms with Crippen molar-refractivity contribution < 1.29 is 4.74 Å². The standard InChI is InChI=1S/C11H16N2O/c1-2-8-14-10-4-3-7-12-11(10)13-9-5-6-9/h3-4,7,9H,2,5-6,8H2,1H3,(H,12,13). The summed E-state index contributed by atoms with van der Waals surface area (Å²) in [5, 5.41) is 3.36. The second-order valence-corrected chi connectivity index (χ2v) is 3.62. The van der Waals surface area contributed by atoms with Gasteiger partial charge in [0.15, 0.2) is 11.6 Å². The Morgan fingerprint density at radius 1 is 1.57 bits per heavy atom. The quantitative estimate of drug-likeness (QED) is 0.778. The van der Waals surface area contributed by atoms with E-state index in [9.17, 15) is 0 Å². The van der Waals surface area contributed by atoms with Crippen molar-refractivity contribution in [2.75, 3.05) is 11.9 Å². The molecule has 14 heavy (non-hydrogen) atoms. The van der Waals surface area contributed by atoms with Crippen LogP contribution in [0.2, 0.25) is 0 Å². The lowest BCUT2D eigenvalue weighted by atomic mass is 10.4. The second kappa shape index (κ2) is 4.31. The van der Waals surface area contributed by atoms with E-state index in [1.807, 2.05) is 12.1 Å². The molecule has 1 saturated carbocycles. The van der Waals surface area contributed by atoms with Crippen LogP contribution in [0, 0.1) is 0 Å². The Hall–Kier alpha value is -1.25. The number of hydrogen-bond acceptors (Lipinski definition) is 3. The molecule has 3 heteroatoms. The second-order valence-electron chi connectivity index (χ2n) is 3.62. The predicted octanol–water partition coefficient (Wildman–Crippen LogP) is 2.44. The highest BCUT2D eigenvalue weighted by Crippen LogP contribution is 2.28. The van der Waals surface area contributed by atoms with Gasteiger partial charge in [-0.1, -0.05) is 6.92 Å². The fraction of sp³-hybridized carbons (Fsp3) is 0.545. The fourth-order valence-corrected chi connectivity index (χ4v) is 1.25. The number of anilines is 1. The molecule has 2 rings (SSSR count). The lowest BCUT2D eigenvalue weighted by Gasteiger charge is -2.10. The van der Waals surface area contributed by atoms with Gasteiger partial charge < -0.3 is 10.1 Å². The van der Waals surface area contributed by atoms with Crippen LogP contribution in [-0.2, 0) is 0 Å². The molecule has 1 aliphatic rings. The molecule has 1 aromatic rings. The average molecular weight is 192 g/mol. The van der Waals surface area contributed by atoms with Crippen molar-refractivity contribution in [1.29, 1.82) is 0 Å². The van der Waals surface area contributed by atoms with E-state index in [2.05, 4.69) is 17.2 Å². The summed E-state index contributed by atoms with van der Waals surface area (Å²) in [6, 6.07) is 4.49. The highest BCUT2D eigenvalue weighted by atomic mass is 16.5. The monoisotopic (exact) mass is 192 g/mol. The Morgan fingerprint density at radius 3 is 3.14 bits per heavy atom. The van der Waals surface area contributed by atoms with E-state index in [0.29, 0.717) is 6.04 Å². The lowest BCUT2D eigenvalue weighted by Crippen LogP contribution is -2.06. The van der Waals surface area contributed by atoms with Gasteiger partial charge in [-0.3, -0.25) is 0 Å². The van der Waals surface area contributed by atoms with Crippen LogP contribution in [0.3, 0.4) is 0 Å². The smallest absolute Gasteiger partial charge is 0.168 e. The van der Waals surface area contributed by atoms with Gasteiger partial charge in [0.1, 0.15) is 0 Å². The van der Waals surface area contributed by atoms with Crippen LogP contribution in [0.4, 0.5) is 5.82 Å². The number of aromatic nitrogens is 1. The van der Waals surface area contributed by atoms with E-state index >= 15 is 0 Å². The van der Waals surface area contributed by atoms with Gasteiger partial charge in [0.2, 0.25) is 0 Å². The molecule has 0 bridgehead atoms. The Balaban J connectivity index is 2.02. The highest BCUT2D eigenvalue weighted by Gasteiger charge is 2.22. The normalized spacial score (nSPS) is 15.2. The largest absolute Gasteiger partial charge is 0.490 e. The van der Waals surface area contributed by atoms with Gasteiger partial charge in [-0.2, -0.15) is 0 Å². The molecule has 0 radical (unpaired) electrons. The van der Waals surface area contributed by atoms with Crippen molar-refractivity contribution in [1.82, 2.24) is 4.98 Å². The Kier molecular flexibility index (Phi) is 2.87. The first kappa shape index (κ1) is 9.31. The van der Waals surface area contributed by atoms with Crippen molar-refractivity contribution in [3.05, 3.63) is 18.3 Å². The molecule has 1 heterocycles. The molecule has 1 aromatic heterocycles. The molecular weight excluding hydrogens is 176 g/mol. The molecule has 0 spiro atoms. The molecule has 1 aliphatic carbocycles. The molecule has 76 valence electrons. The van der Waals surface area contributed by atoms with Crippen molar-refractivity contribution in [3.8, 4) is 5.75 Å². The van der Waals surface area contributed by atoms with E-state index in [4.69, 9.17) is 4.74 Å². The molecule has 1 fully saturated rings. The average Bonchev–Trinajstić information content (AvgIpc) is 3.01. The maximum absolute atomic E-state index is 5.59. The Morgan fingerprint density at radius 2 is 2.43 bits per heavy atom. The van der Waals surface area contributed by atoms with Crippen LogP contribution < -0.4 is 10.1 Å². The van der Waals surface area contributed by atoms with Crippen molar-refractivity contribution in [2.45, 2.75) is 32.2 Å².